The van der Waals surface area contributed by atoms with Crippen molar-refractivity contribution in [1.82, 2.24) is 20.0 Å². The van der Waals surface area contributed by atoms with Gasteiger partial charge in [-0.05, 0) is 37.6 Å². The molecule has 3 fully saturated rings. The van der Waals surface area contributed by atoms with E-state index in [1.54, 1.807) is 0 Å². The van der Waals surface area contributed by atoms with Crippen LogP contribution in [0.25, 0.3) is 0 Å². The number of carbonyl (C=O) groups is 2. The van der Waals surface area contributed by atoms with E-state index in [1.807, 2.05) is 17.0 Å². The first-order valence-electron chi connectivity index (χ1n) is 13.0. The van der Waals surface area contributed by atoms with Crippen LogP contribution in [-0.4, -0.2) is 91.0 Å². The summed E-state index contributed by atoms with van der Waals surface area (Å²) in [5, 5.41) is 3.19. The molecule has 0 saturated carbocycles. The van der Waals surface area contributed by atoms with Gasteiger partial charge >= 0.3 is 0 Å². The Morgan fingerprint density at radius 2 is 1.63 bits per heavy atom. The van der Waals surface area contributed by atoms with Gasteiger partial charge in [0.15, 0.2) is 0 Å². The minimum Gasteiger partial charge on any atom is -0.368 e. The minimum atomic E-state index is -0.132. The quantitative estimate of drug-likeness (QED) is 0.694. The molecule has 3 saturated heterocycles. The van der Waals surface area contributed by atoms with Gasteiger partial charge in [-0.15, -0.1) is 0 Å². The molecule has 0 radical (unpaired) electrons. The van der Waals surface area contributed by atoms with Crippen LogP contribution in [0.5, 0.6) is 0 Å². The molecule has 0 aromatic heterocycles. The fourth-order valence-electron chi connectivity index (χ4n) is 5.95. The highest BCUT2D eigenvalue weighted by Gasteiger charge is 2.45. The van der Waals surface area contributed by atoms with E-state index >= 15 is 0 Å². The van der Waals surface area contributed by atoms with Crippen LogP contribution in [0, 0.1) is 0 Å². The highest BCUT2D eigenvalue weighted by atomic mass is 16.2. The highest BCUT2D eigenvalue weighted by molar-refractivity contribution is 5.83. The van der Waals surface area contributed by atoms with E-state index in [1.165, 1.54) is 11.3 Å². The lowest BCUT2D eigenvalue weighted by atomic mass is 10.0. The number of hydrogen-bond acceptors (Lipinski definition) is 5. The molecule has 2 aromatic rings. The van der Waals surface area contributed by atoms with Crippen LogP contribution in [0.3, 0.4) is 0 Å². The zero-order valence-electron chi connectivity index (χ0n) is 20.7. The average Bonchev–Trinajstić information content (AvgIpc) is 3.27. The first kappa shape index (κ1) is 23.8. The molecular formula is C28H37N5O2. The third-order valence-electron chi connectivity index (χ3n) is 8.02. The zero-order valence-corrected chi connectivity index (χ0v) is 20.7. The average molecular weight is 476 g/mol. The van der Waals surface area contributed by atoms with Crippen molar-refractivity contribution >= 4 is 17.5 Å². The normalized spacial score (nSPS) is 25.7. The summed E-state index contributed by atoms with van der Waals surface area (Å²) in [5.74, 6) is 0.358. The maximum Gasteiger partial charge on any atom is 0.239 e. The first-order chi connectivity index (χ1) is 17.1. The predicted octanol–water partition coefficient (Wildman–Crippen LogP) is 2.19. The molecule has 7 heteroatoms. The van der Waals surface area contributed by atoms with E-state index in [2.05, 4.69) is 75.6 Å². The van der Waals surface area contributed by atoms with E-state index in [9.17, 15) is 9.59 Å². The second kappa shape index (κ2) is 10.8. The monoisotopic (exact) mass is 475 g/mol. The molecular weight excluding hydrogens is 438 g/mol. The Balaban J connectivity index is 1.14. The number of nitrogens with zero attached hydrogens (tertiary/aromatic N) is 4. The number of likely N-dealkylation sites (N-methyl/N-ethyl adjacent to an activating group) is 1. The molecule has 0 aliphatic carbocycles. The van der Waals surface area contributed by atoms with Crippen LogP contribution >= 0.6 is 0 Å². The van der Waals surface area contributed by atoms with Gasteiger partial charge in [-0.2, -0.15) is 0 Å². The molecule has 7 nitrogen and oxygen atoms in total. The summed E-state index contributed by atoms with van der Waals surface area (Å²) in [7, 11) is 2.14. The Bertz CT molecular complexity index is 993. The third-order valence-corrected chi connectivity index (χ3v) is 8.02. The van der Waals surface area contributed by atoms with Crippen molar-refractivity contribution in [2.45, 2.75) is 43.9 Å². The summed E-state index contributed by atoms with van der Waals surface area (Å²) in [5.41, 5.74) is 2.46. The van der Waals surface area contributed by atoms with Crippen molar-refractivity contribution in [1.29, 1.82) is 0 Å². The Hall–Kier alpha value is -2.90. The minimum absolute atomic E-state index is 0.126. The molecule has 0 spiro atoms. The summed E-state index contributed by atoms with van der Waals surface area (Å²) < 4.78 is 0. The first-order valence-corrected chi connectivity index (χ1v) is 13.0. The number of para-hydroxylation sites is 1. The largest absolute Gasteiger partial charge is 0.368 e. The number of hydrogen-bond donors (Lipinski definition) is 1. The van der Waals surface area contributed by atoms with E-state index in [0.29, 0.717) is 13.0 Å². The lowest BCUT2D eigenvalue weighted by Crippen LogP contribution is -2.50. The van der Waals surface area contributed by atoms with Crippen LogP contribution in [0.2, 0.25) is 0 Å². The molecule has 0 bridgehead atoms. The van der Waals surface area contributed by atoms with Crippen molar-refractivity contribution in [3.8, 4) is 0 Å². The molecule has 186 valence electrons. The second-order valence-corrected chi connectivity index (χ2v) is 10.1. The number of rotatable bonds is 6. The summed E-state index contributed by atoms with van der Waals surface area (Å²) >= 11 is 0. The molecule has 2 amide bonds. The molecule has 1 N–H and O–H groups in total. The lowest BCUT2D eigenvalue weighted by molar-refractivity contribution is -0.132. The number of fused-ring (bicyclic) bond motifs is 1. The number of amides is 2. The maximum absolute atomic E-state index is 13.1. The molecule has 3 atom stereocenters. The van der Waals surface area contributed by atoms with Gasteiger partial charge in [-0.1, -0.05) is 48.5 Å². The fraction of sp³-hybridized carbons (Fsp3) is 0.500. The SMILES string of the molecule is CN1C(CCC(=O)N2CCN(c3ccccc3)CC2)CNC(=O)C2C1CCN2Cc1ccccc1. The number of likely N-dealkylation sites (tertiary alicyclic amines) is 1. The van der Waals surface area contributed by atoms with Gasteiger partial charge in [0, 0.05) is 70.0 Å². The number of anilines is 1. The van der Waals surface area contributed by atoms with E-state index in [-0.39, 0.29) is 29.9 Å². The predicted molar refractivity (Wildman–Crippen MR) is 138 cm³/mol. The Labute approximate surface area is 208 Å². The molecule has 3 heterocycles. The topological polar surface area (TPSA) is 59.1 Å². The number of nitrogens with one attached hydrogen (secondary N) is 1. The fourth-order valence-corrected chi connectivity index (χ4v) is 5.95. The maximum atomic E-state index is 13.1. The number of carbonyl (C=O) groups excluding carboxylic acids is 2. The van der Waals surface area contributed by atoms with Crippen LogP contribution in [0.1, 0.15) is 24.8 Å². The van der Waals surface area contributed by atoms with Gasteiger partial charge in [0.25, 0.3) is 0 Å². The molecule has 3 aliphatic heterocycles. The van der Waals surface area contributed by atoms with Crippen molar-refractivity contribution < 1.29 is 9.59 Å². The van der Waals surface area contributed by atoms with E-state index in [4.69, 9.17) is 0 Å². The molecule has 2 aromatic carbocycles. The van der Waals surface area contributed by atoms with Crippen molar-refractivity contribution in [2.24, 2.45) is 0 Å². The van der Waals surface area contributed by atoms with Crippen molar-refractivity contribution in [3.05, 3.63) is 66.2 Å². The van der Waals surface area contributed by atoms with Crippen molar-refractivity contribution in [3.63, 3.8) is 0 Å². The summed E-state index contributed by atoms with van der Waals surface area (Å²) in [6.45, 7) is 5.60. The standard InChI is InChI=1S/C28H37N5O2/c1-30-24(12-13-26(34)32-18-16-31(17-19-32)23-10-6-3-7-11-23)20-29-28(35)27-25(30)14-15-33(27)21-22-8-4-2-5-9-22/h2-11,24-25,27H,12-21H2,1H3,(H,29,35). The second-order valence-electron chi connectivity index (χ2n) is 10.1. The van der Waals surface area contributed by atoms with Gasteiger partial charge in [-0.3, -0.25) is 19.4 Å². The molecule has 35 heavy (non-hydrogen) atoms. The zero-order chi connectivity index (χ0) is 24.2. The van der Waals surface area contributed by atoms with Crippen molar-refractivity contribution in [2.75, 3.05) is 51.2 Å². The Kier molecular flexibility index (Phi) is 7.35. The van der Waals surface area contributed by atoms with Gasteiger partial charge in [0.1, 0.15) is 6.04 Å². The van der Waals surface area contributed by atoms with Crippen LogP contribution in [-0.2, 0) is 16.1 Å². The molecule has 3 aliphatic rings. The molecule has 3 unspecified atom stereocenters. The number of benzene rings is 2. The van der Waals surface area contributed by atoms with Gasteiger partial charge < -0.3 is 15.1 Å². The van der Waals surface area contributed by atoms with Crippen LogP contribution < -0.4 is 10.2 Å². The van der Waals surface area contributed by atoms with Crippen LogP contribution in [0.15, 0.2) is 60.7 Å². The highest BCUT2D eigenvalue weighted by Crippen LogP contribution is 2.28. The van der Waals surface area contributed by atoms with Gasteiger partial charge in [-0.25, -0.2) is 0 Å². The Morgan fingerprint density at radius 3 is 2.34 bits per heavy atom. The summed E-state index contributed by atoms with van der Waals surface area (Å²) in [4.78, 5) is 35.1. The van der Waals surface area contributed by atoms with E-state index in [0.717, 1.165) is 52.1 Å². The lowest BCUT2D eigenvalue weighted by Gasteiger charge is -2.37. The smallest absolute Gasteiger partial charge is 0.239 e. The Morgan fingerprint density at radius 1 is 0.943 bits per heavy atom. The summed E-state index contributed by atoms with van der Waals surface area (Å²) in [6.07, 6.45) is 2.28. The summed E-state index contributed by atoms with van der Waals surface area (Å²) in [6, 6.07) is 21.0. The van der Waals surface area contributed by atoms with Gasteiger partial charge in [0.05, 0.1) is 0 Å². The third kappa shape index (κ3) is 5.36. The van der Waals surface area contributed by atoms with Crippen LogP contribution in [0.4, 0.5) is 5.69 Å². The van der Waals surface area contributed by atoms with Gasteiger partial charge in [0.2, 0.25) is 11.8 Å². The number of piperazine rings is 1. The van der Waals surface area contributed by atoms with E-state index < -0.39 is 0 Å². The molecule has 5 rings (SSSR count).